The SMILES string of the molecule is CCc1nc2ccc(N3CCN(C(=O)OC(C)(C)C)CC3)nn2c1NCc1nc(-c2ccc(F)cc2)c(C#N)s1. The predicted molar refractivity (Wildman–Crippen MR) is 152 cm³/mol. The molecule has 0 bridgehead atoms. The van der Waals surface area contributed by atoms with Gasteiger partial charge in [0.25, 0.3) is 0 Å². The monoisotopic (exact) mass is 562 g/mol. The highest BCUT2D eigenvalue weighted by Gasteiger charge is 2.27. The molecule has 0 spiro atoms. The second-order valence-corrected chi connectivity index (χ2v) is 11.5. The molecule has 12 heteroatoms. The highest BCUT2D eigenvalue weighted by Crippen LogP contribution is 2.29. The number of carbonyl (C=O) groups excluding carboxylic acids is 1. The Morgan fingerprint density at radius 3 is 2.50 bits per heavy atom. The van der Waals surface area contributed by atoms with Crippen molar-refractivity contribution in [3.63, 3.8) is 0 Å². The highest BCUT2D eigenvalue weighted by atomic mass is 32.1. The Morgan fingerprint density at radius 2 is 1.85 bits per heavy atom. The van der Waals surface area contributed by atoms with Crippen LogP contribution in [0.4, 0.5) is 20.8 Å². The number of carbonyl (C=O) groups is 1. The molecule has 208 valence electrons. The number of fused-ring (bicyclic) bond motifs is 1. The van der Waals surface area contributed by atoms with E-state index in [4.69, 9.17) is 14.8 Å². The summed E-state index contributed by atoms with van der Waals surface area (Å²) in [7, 11) is 0. The van der Waals surface area contributed by atoms with Gasteiger partial charge in [-0.15, -0.1) is 16.4 Å². The Kier molecular flexibility index (Phi) is 7.58. The number of nitriles is 1. The molecule has 1 aromatic carbocycles. The van der Waals surface area contributed by atoms with Gasteiger partial charge in [0.2, 0.25) is 0 Å². The molecule has 1 aliphatic rings. The number of ether oxygens (including phenoxy) is 1. The minimum Gasteiger partial charge on any atom is -0.444 e. The van der Waals surface area contributed by atoms with E-state index < -0.39 is 5.60 Å². The standard InChI is InChI=1S/C28H31FN8O2S/c1-5-20-26(31-17-24-33-25(21(16-30)40-24)18-6-8-19(29)9-7-18)37-22(32-20)10-11-23(34-37)35-12-14-36(15-13-35)27(38)39-28(2,3)4/h6-11,31H,5,12-15,17H2,1-4H3. The molecule has 0 radical (unpaired) electrons. The predicted octanol–water partition coefficient (Wildman–Crippen LogP) is 5.10. The second kappa shape index (κ2) is 11.1. The van der Waals surface area contributed by atoms with Crippen molar-refractivity contribution in [3.05, 3.63) is 57.8 Å². The van der Waals surface area contributed by atoms with Crippen molar-refractivity contribution in [1.29, 1.82) is 5.26 Å². The maximum Gasteiger partial charge on any atom is 0.410 e. The van der Waals surface area contributed by atoms with E-state index in [0.29, 0.717) is 55.3 Å². The molecule has 0 saturated carbocycles. The van der Waals surface area contributed by atoms with Gasteiger partial charge in [0.05, 0.1) is 17.9 Å². The molecule has 0 aliphatic carbocycles. The van der Waals surface area contributed by atoms with E-state index in [-0.39, 0.29) is 11.9 Å². The number of amides is 1. The summed E-state index contributed by atoms with van der Waals surface area (Å²) in [5.74, 6) is 1.22. The fourth-order valence-electron chi connectivity index (χ4n) is 4.48. The summed E-state index contributed by atoms with van der Waals surface area (Å²) in [6.45, 7) is 10.4. The number of halogens is 1. The smallest absolute Gasteiger partial charge is 0.410 e. The van der Waals surface area contributed by atoms with E-state index in [2.05, 4.69) is 21.3 Å². The van der Waals surface area contributed by atoms with Gasteiger partial charge in [-0.3, -0.25) is 0 Å². The van der Waals surface area contributed by atoms with Gasteiger partial charge in [0, 0.05) is 31.7 Å². The molecule has 5 rings (SSSR count). The van der Waals surface area contributed by atoms with Crippen molar-refractivity contribution in [3.8, 4) is 17.3 Å². The number of nitrogens with one attached hydrogen (secondary N) is 1. The van der Waals surface area contributed by atoms with E-state index in [1.54, 1.807) is 21.5 Å². The van der Waals surface area contributed by atoms with E-state index in [0.717, 1.165) is 28.0 Å². The Bertz CT molecular complexity index is 1560. The lowest BCUT2D eigenvalue weighted by atomic mass is 10.1. The van der Waals surface area contributed by atoms with Crippen LogP contribution in [0.25, 0.3) is 16.9 Å². The molecule has 4 aromatic rings. The summed E-state index contributed by atoms with van der Waals surface area (Å²) in [5.41, 5.74) is 2.31. The first-order valence-electron chi connectivity index (χ1n) is 13.2. The van der Waals surface area contributed by atoms with Crippen molar-refractivity contribution < 1.29 is 13.9 Å². The maximum atomic E-state index is 13.4. The number of benzene rings is 1. The minimum absolute atomic E-state index is 0.298. The van der Waals surface area contributed by atoms with Crippen LogP contribution in [-0.2, 0) is 17.7 Å². The average molecular weight is 563 g/mol. The fourth-order valence-corrected chi connectivity index (χ4v) is 5.31. The normalized spacial score (nSPS) is 13.9. The first-order valence-corrected chi connectivity index (χ1v) is 14.0. The van der Waals surface area contributed by atoms with Crippen LogP contribution in [-0.4, -0.2) is 62.4 Å². The van der Waals surface area contributed by atoms with Gasteiger partial charge >= 0.3 is 6.09 Å². The number of aromatic nitrogens is 4. The molecule has 40 heavy (non-hydrogen) atoms. The van der Waals surface area contributed by atoms with Crippen LogP contribution in [0, 0.1) is 17.1 Å². The minimum atomic E-state index is -0.528. The van der Waals surface area contributed by atoms with Gasteiger partial charge in [-0.2, -0.15) is 9.78 Å². The Labute approximate surface area is 236 Å². The molecular weight excluding hydrogens is 531 g/mol. The third kappa shape index (κ3) is 5.84. The zero-order chi connectivity index (χ0) is 28.4. The van der Waals surface area contributed by atoms with Crippen LogP contribution >= 0.6 is 11.3 Å². The van der Waals surface area contributed by atoms with Gasteiger partial charge < -0.3 is 19.9 Å². The maximum absolute atomic E-state index is 13.4. The van der Waals surface area contributed by atoms with E-state index in [9.17, 15) is 14.4 Å². The lowest BCUT2D eigenvalue weighted by Crippen LogP contribution is -2.50. The van der Waals surface area contributed by atoms with Crippen molar-refractivity contribution in [2.45, 2.75) is 46.3 Å². The first kappa shape index (κ1) is 27.3. The number of thiazole rings is 1. The topological polar surface area (TPSA) is 112 Å². The number of rotatable bonds is 6. The zero-order valence-electron chi connectivity index (χ0n) is 22.9. The van der Waals surface area contributed by atoms with Gasteiger partial charge in [-0.25, -0.2) is 19.2 Å². The molecule has 3 aromatic heterocycles. The third-order valence-electron chi connectivity index (χ3n) is 6.42. The Morgan fingerprint density at radius 1 is 1.12 bits per heavy atom. The van der Waals surface area contributed by atoms with Crippen LogP contribution in [0.15, 0.2) is 36.4 Å². The van der Waals surface area contributed by atoms with E-state index in [1.165, 1.54) is 23.5 Å². The number of nitrogens with zero attached hydrogens (tertiary/aromatic N) is 7. The Hall–Kier alpha value is -4.24. The lowest BCUT2D eigenvalue weighted by Gasteiger charge is -2.36. The molecule has 1 aliphatic heterocycles. The van der Waals surface area contributed by atoms with Gasteiger partial charge in [0.1, 0.15) is 33.2 Å². The van der Waals surface area contributed by atoms with Gasteiger partial charge in [0.15, 0.2) is 11.5 Å². The quantitative estimate of drug-likeness (QED) is 0.346. The number of hydrogen-bond acceptors (Lipinski definition) is 9. The van der Waals surface area contributed by atoms with Gasteiger partial charge in [-0.1, -0.05) is 6.92 Å². The Balaban J connectivity index is 1.33. The second-order valence-electron chi connectivity index (χ2n) is 10.4. The lowest BCUT2D eigenvalue weighted by molar-refractivity contribution is 0.0240. The molecular formula is C28H31FN8O2S. The van der Waals surface area contributed by atoms with Crippen molar-refractivity contribution in [2.24, 2.45) is 0 Å². The molecule has 1 saturated heterocycles. The van der Waals surface area contributed by atoms with Crippen molar-refractivity contribution in [1.82, 2.24) is 24.5 Å². The van der Waals surface area contributed by atoms with Crippen molar-refractivity contribution in [2.75, 3.05) is 36.4 Å². The number of piperazine rings is 1. The molecule has 0 unspecified atom stereocenters. The summed E-state index contributed by atoms with van der Waals surface area (Å²) >= 11 is 1.30. The van der Waals surface area contributed by atoms with E-state index >= 15 is 0 Å². The molecule has 1 fully saturated rings. The summed E-state index contributed by atoms with van der Waals surface area (Å²) < 4.78 is 20.7. The largest absolute Gasteiger partial charge is 0.444 e. The molecule has 1 amide bonds. The fraction of sp³-hybridized carbons (Fsp3) is 0.393. The van der Waals surface area contributed by atoms with Gasteiger partial charge in [-0.05, 0) is 63.6 Å². The van der Waals surface area contributed by atoms with Crippen LogP contribution in [0.1, 0.15) is 43.3 Å². The molecule has 0 atom stereocenters. The number of imidazole rings is 1. The van der Waals surface area contributed by atoms with Crippen molar-refractivity contribution >= 4 is 34.7 Å². The summed E-state index contributed by atoms with van der Waals surface area (Å²) in [6, 6.07) is 12.1. The van der Waals surface area contributed by atoms with Crippen LogP contribution < -0.4 is 10.2 Å². The number of aryl methyl sites for hydroxylation is 1. The summed E-state index contributed by atoms with van der Waals surface area (Å²) in [4.78, 5) is 26.2. The first-order chi connectivity index (χ1) is 19.1. The molecule has 1 N–H and O–H groups in total. The highest BCUT2D eigenvalue weighted by molar-refractivity contribution is 7.12. The molecule has 10 nitrogen and oxygen atoms in total. The number of anilines is 2. The van der Waals surface area contributed by atoms with Crippen LogP contribution in [0.3, 0.4) is 0 Å². The van der Waals surface area contributed by atoms with Crippen LogP contribution in [0.2, 0.25) is 0 Å². The third-order valence-corrected chi connectivity index (χ3v) is 7.38. The number of hydrogen-bond donors (Lipinski definition) is 1. The van der Waals surface area contributed by atoms with E-state index in [1.807, 2.05) is 39.8 Å². The zero-order valence-corrected chi connectivity index (χ0v) is 23.8. The average Bonchev–Trinajstić information content (AvgIpc) is 3.51. The summed E-state index contributed by atoms with van der Waals surface area (Å²) in [6.07, 6.45) is 0.408. The summed E-state index contributed by atoms with van der Waals surface area (Å²) in [5, 5.41) is 18.7. The van der Waals surface area contributed by atoms with Crippen LogP contribution in [0.5, 0.6) is 0 Å². The molecule has 4 heterocycles.